The number of hydrogen-bond acceptors (Lipinski definition) is 3. The molecule has 1 aliphatic rings. The van der Waals surface area contributed by atoms with Gasteiger partial charge in [0.25, 0.3) is 0 Å². The fourth-order valence-electron chi connectivity index (χ4n) is 0.890. The van der Waals surface area contributed by atoms with Crippen molar-refractivity contribution in [3.8, 4) is 0 Å². The summed E-state index contributed by atoms with van der Waals surface area (Å²) in [5.74, 6) is 0. The Bertz CT molecular complexity index is 144. The van der Waals surface area contributed by atoms with Crippen LogP contribution in [0.1, 0.15) is 19.3 Å². The minimum absolute atomic E-state index is 0.424. The highest BCUT2D eigenvalue weighted by molar-refractivity contribution is 9.09. The summed E-state index contributed by atoms with van der Waals surface area (Å²) in [5, 5.41) is 10.3. The minimum Gasteiger partial charge on any atom is -0.306 e. The topological polar surface area (TPSA) is 52.4 Å². The van der Waals surface area contributed by atoms with Gasteiger partial charge in [0.15, 0.2) is 0 Å². The molecule has 0 aliphatic carbocycles. The molecule has 0 saturated carbocycles. The molecule has 1 aliphatic heterocycles. The van der Waals surface area contributed by atoms with Crippen LogP contribution in [0.5, 0.6) is 0 Å². The minimum atomic E-state index is -1.29. The van der Waals surface area contributed by atoms with E-state index >= 15 is 0 Å². The molecule has 1 heterocycles. The third kappa shape index (κ3) is 1.46. The molecule has 0 aromatic rings. The lowest BCUT2D eigenvalue weighted by Crippen LogP contribution is -2.37. The van der Waals surface area contributed by atoms with Gasteiger partial charge >= 0.3 is 4.63 Å². The van der Waals surface area contributed by atoms with Crippen molar-refractivity contribution in [3.05, 3.63) is 10.1 Å². The average molecular weight is 210 g/mol. The fourth-order valence-corrected chi connectivity index (χ4v) is 1.33. The van der Waals surface area contributed by atoms with Crippen LogP contribution in [0.2, 0.25) is 0 Å². The highest BCUT2D eigenvalue weighted by Crippen LogP contribution is 2.30. The van der Waals surface area contributed by atoms with Gasteiger partial charge in [-0.2, -0.15) is 0 Å². The van der Waals surface area contributed by atoms with E-state index in [1.165, 1.54) is 0 Å². The monoisotopic (exact) mass is 209 g/mol. The van der Waals surface area contributed by atoms with E-state index in [4.69, 9.17) is 4.74 Å². The quantitative estimate of drug-likeness (QED) is 0.285. The summed E-state index contributed by atoms with van der Waals surface area (Å²) in [7, 11) is 0. The number of alkyl halides is 1. The summed E-state index contributed by atoms with van der Waals surface area (Å²) in [6.45, 7) is 0.478. The predicted molar refractivity (Wildman–Crippen MR) is 38.5 cm³/mol. The Hall–Kier alpha value is -0.160. The normalized spacial score (nSPS) is 33.7. The van der Waals surface area contributed by atoms with Crippen LogP contribution in [0.15, 0.2) is 0 Å². The second-order valence-electron chi connectivity index (χ2n) is 2.25. The van der Waals surface area contributed by atoms with Crippen LogP contribution in [-0.2, 0) is 4.74 Å². The molecule has 0 spiro atoms. The molecule has 0 amide bonds. The van der Waals surface area contributed by atoms with E-state index in [0.717, 1.165) is 12.8 Å². The Labute approximate surface area is 66.8 Å². The lowest BCUT2D eigenvalue weighted by atomic mass is 10.2. The number of rotatable bonds is 1. The highest BCUT2D eigenvalue weighted by atomic mass is 79.9. The van der Waals surface area contributed by atoms with Crippen molar-refractivity contribution in [3.63, 3.8) is 0 Å². The van der Waals surface area contributed by atoms with E-state index < -0.39 is 9.56 Å². The Morgan fingerprint density at radius 1 is 1.60 bits per heavy atom. The van der Waals surface area contributed by atoms with Gasteiger partial charge < -0.3 is 4.74 Å². The molecular weight excluding hydrogens is 202 g/mol. The standard InChI is InChI=1S/C5H8BrNO3/c6-5(7(8)9)3-1-2-4-10-5/h1-4H2. The first-order valence-corrected chi connectivity index (χ1v) is 3.92. The van der Waals surface area contributed by atoms with Crippen molar-refractivity contribution in [2.45, 2.75) is 23.9 Å². The molecule has 0 aromatic carbocycles. The van der Waals surface area contributed by atoms with Gasteiger partial charge in [-0.05, 0) is 12.8 Å². The molecule has 5 heteroatoms. The maximum absolute atomic E-state index is 10.3. The van der Waals surface area contributed by atoms with E-state index in [1.807, 2.05) is 0 Å². The Kier molecular flexibility index (Phi) is 2.25. The zero-order chi connectivity index (χ0) is 7.61. The number of ether oxygens (including phenoxy) is 1. The van der Waals surface area contributed by atoms with Gasteiger partial charge in [-0.15, -0.1) is 0 Å². The molecule has 1 rings (SSSR count). The first kappa shape index (κ1) is 7.94. The number of nitro groups is 1. The highest BCUT2D eigenvalue weighted by Gasteiger charge is 2.42. The SMILES string of the molecule is O=[N+]([O-])C1(Br)CCCCO1. The molecule has 1 atom stereocenters. The molecule has 0 bridgehead atoms. The summed E-state index contributed by atoms with van der Waals surface area (Å²) < 4.78 is 3.66. The molecular formula is C5H8BrNO3. The van der Waals surface area contributed by atoms with Gasteiger partial charge in [0.05, 0.1) is 18.0 Å². The zero-order valence-corrected chi connectivity index (χ0v) is 6.96. The van der Waals surface area contributed by atoms with E-state index in [0.29, 0.717) is 13.0 Å². The average Bonchev–Trinajstić information content (AvgIpc) is 1.89. The van der Waals surface area contributed by atoms with Crippen molar-refractivity contribution < 1.29 is 9.66 Å². The van der Waals surface area contributed by atoms with Crippen LogP contribution in [-0.4, -0.2) is 16.2 Å². The zero-order valence-electron chi connectivity index (χ0n) is 5.38. The van der Waals surface area contributed by atoms with Gasteiger partial charge in [0.1, 0.15) is 0 Å². The van der Waals surface area contributed by atoms with Crippen molar-refractivity contribution >= 4 is 15.9 Å². The molecule has 1 fully saturated rings. The summed E-state index contributed by atoms with van der Waals surface area (Å²) in [6, 6.07) is 0. The van der Waals surface area contributed by atoms with Crippen LogP contribution >= 0.6 is 15.9 Å². The largest absolute Gasteiger partial charge is 0.380 e. The molecule has 10 heavy (non-hydrogen) atoms. The molecule has 1 unspecified atom stereocenters. The molecule has 0 radical (unpaired) electrons. The Balaban J connectivity index is 2.56. The van der Waals surface area contributed by atoms with Crippen LogP contribution in [0.3, 0.4) is 0 Å². The second-order valence-corrected chi connectivity index (χ2v) is 3.49. The van der Waals surface area contributed by atoms with Crippen molar-refractivity contribution in [1.29, 1.82) is 0 Å². The van der Waals surface area contributed by atoms with Crippen LogP contribution in [0, 0.1) is 10.1 Å². The Morgan fingerprint density at radius 2 is 2.30 bits per heavy atom. The summed E-state index contributed by atoms with van der Waals surface area (Å²) in [5.41, 5.74) is 0. The summed E-state index contributed by atoms with van der Waals surface area (Å²) >= 11 is 2.94. The van der Waals surface area contributed by atoms with E-state index in [1.54, 1.807) is 0 Å². The first-order valence-electron chi connectivity index (χ1n) is 3.12. The van der Waals surface area contributed by atoms with Crippen LogP contribution < -0.4 is 0 Å². The molecule has 58 valence electrons. The predicted octanol–water partition coefficient (Wildman–Crippen LogP) is 1.51. The number of nitrogens with zero attached hydrogens (tertiary/aromatic N) is 1. The molecule has 4 nitrogen and oxygen atoms in total. The first-order chi connectivity index (χ1) is 4.65. The van der Waals surface area contributed by atoms with Crippen LogP contribution in [0.25, 0.3) is 0 Å². The summed E-state index contributed by atoms with van der Waals surface area (Å²) in [4.78, 5) is 9.89. The lowest BCUT2D eigenvalue weighted by molar-refractivity contribution is -0.595. The van der Waals surface area contributed by atoms with Crippen molar-refractivity contribution in [2.75, 3.05) is 6.61 Å². The van der Waals surface area contributed by atoms with Crippen molar-refractivity contribution in [1.82, 2.24) is 0 Å². The fraction of sp³-hybridized carbons (Fsp3) is 1.00. The second kappa shape index (κ2) is 2.84. The number of halogens is 1. The molecule has 1 saturated heterocycles. The van der Waals surface area contributed by atoms with Crippen molar-refractivity contribution in [2.24, 2.45) is 0 Å². The molecule has 0 N–H and O–H groups in total. The number of hydrogen-bond donors (Lipinski definition) is 0. The maximum Gasteiger partial charge on any atom is 0.380 e. The van der Waals surface area contributed by atoms with E-state index in [2.05, 4.69) is 15.9 Å². The lowest BCUT2D eigenvalue weighted by Gasteiger charge is -2.22. The van der Waals surface area contributed by atoms with Gasteiger partial charge in [0, 0.05) is 15.9 Å². The third-order valence-electron chi connectivity index (χ3n) is 1.48. The van der Waals surface area contributed by atoms with E-state index in [9.17, 15) is 10.1 Å². The van der Waals surface area contributed by atoms with Crippen LogP contribution in [0.4, 0.5) is 0 Å². The summed E-state index contributed by atoms with van der Waals surface area (Å²) in [6.07, 6.45) is 2.23. The van der Waals surface area contributed by atoms with Gasteiger partial charge in [0.2, 0.25) is 0 Å². The van der Waals surface area contributed by atoms with Gasteiger partial charge in [-0.1, -0.05) is 0 Å². The van der Waals surface area contributed by atoms with Gasteiger partial charge in [-0.25, -0.2) is 0 Å². The maximum atomic E-state index is 10.3. The molecule has 0 aromatic heterocycles. The van der Waals surface area contributed by atoms with E-state index in [-0.39, 0.29) is 0 Å². The third-order valence-corrected chi connectivity index (χ3v) is 2.39. The Morgan fingerprint density at radius 3 is 2.60 bits per heavy atom. The van der Waals surface area contributed by atoms with Gasteiger partial charge in [-0.3, -0.25) is 10.1 Å². The smallest absolute Gasteiger partial charge is 0.306 e.